The number of hydrogen-bond donors (Lipinski definition) is 1. The van der Waals surface area contributed by atoms with Crippen LogP contribution in [-0.2, 0) is 6.54 Å². The predicted octanol–water partition coefficient (Wildman–Crippen LogP) is 2.74. The summed E-state index contributed by atoms with van der Waals surface area (Å²) in [4.78, 5) is 7.17. The zero-order valence-electron chi connectivity index (χ0n) is 12.5. The van der Waals surface area contributed by atoms with Gasteiger partial charge in [-0.05, 0) is 51.4 Å². The lowest BCUT2D eigenvalue weighted by atomic mass is 9.96. The molecule has 2 atom stereocenters. The first-order valence-corrected chi connectivity index (χ1v) is 7.60. The molecule has 0 aromatic carbocycles. The van der Waals surface area contributed by atoms with Gasteiger partial charge in [0.2, 0.25) is 0 Å². The maximum Gasteiger partial charge on any atom is 0.0573 e. The molecular weight excluding hydrogens is 234 g/mol. The Bertz CT molecular complexity index is 391. The molecule has 0 saturated carbocycles. The summed E-state index contributed by atoms with van der Waals surface area (Å²) in [6.45, 7) is 9.91. The molecule has 2 heterocycles. The first kappa shape index (κ1) is 14.5. The lowest BCUT2D eigenvalue weighted by Crippen LogP contribution is -2.50. The number of likely N-dealkylation sites (tertiary alicyclic amines) is 1. The Morgan fingerprint density at radius 1 is 1.47 bits per heavy atom. The van der Waals surface area contributed by atoms with Gasteiger partial charge in [0.15, 0.2) is 0 Å². The summed E-state index contributed by atoms with van der Waals surface area (Å²) in [5.41, 5.74) is 2.54. The molecule has 0 aliphatic carbocycles. The molecule has 1 aliphatic rings. The molecule has 1 aromatic heterocycles. The third-order valence-electron chi connectivity index (χ3n) is 4.24. The smallest absolute Gasteiger partial charge is 0.0573 e. The fourth-order valence-corrected chi connectivity index (χ4v) is 3.11. The normalized spacial score (nSPS) is 22.4. The summed E-state index contributed by atoms with van der Waals surface area (Å²) in [5.74, 6) is 0. The molecule has 1 saturated heterocycles. The van der Waals surface area contributed by atoms with E-state index in [0.29, 0.717) is 12.1 Å². The predicted molar refractivity (Wildman–Crippen MR) is 80.2 cm³/mol. The van der Waals surface area contributed by atoms with Crippen LogP contribution in [0.4, 0.5) is 0 Å². The van der Waals surface area contributed by atoms with Crippen molar-refractivity contribution >= 4 is 0 Å². The number of rotatable bonds is 5. The lowest BCUT2D eigenvalue weighted by molar-refractivity contribution is 0.110. The van der Waals surface area contributed by atoms with Crippen molar-refractivity contribution in [3.8, 4) is 0 Å². The molecule has 1 N–H and O–H groups in total. The average molecular weight is 261 g/mol. The van der Waals surface area contributed by atoms with Crippen LogP contribution in [-0.4, -0.2) is 35.1 Å². The van der Waals surface area contributed by atoms with Crippen LogP contribution in [0.5, 0.6) is 0 Å². The van der Waals surface area contributed by atoms with Gasteiger partial charge in [0.25, 0.3) is 0 Å². The fraction of sp³-hybridized carbons (Fsp3) is 0.688. The van der Waals surface area contributed by atoms with Crippen molar-refractivity contribution in [2.45, 2.75) is 58.7 Å². The zero-order chi connectivity index (χ0) is 13.7. The van der Waals surface area contributed by atoms with Crippen molar-refractivity contribution in [1.82, 2.24) is 15.2 Å². The van der Waals surface area contributed by atoms with Crippen molar-refractivity contribution in [2.75, 3.05) is 13.1 Å². The van der Waals surface area contributed by atoms with Gasteiger partial charge in [-0.15, -0.1) is 0 Å². The van der Waals surface area contributed by atoms with Gasteiger partial charge in [-0.1, -0.05) is 19.4 Å². The second-order valence-electron chi connectivity index (χ2n) is 5.65. The van der Waals surface area contributed by atoms with Gasteiger partial charge in [-0.2, -0.15) is 0 Å². The highest BCUT2D eigenvalue weighted by Gasteiger charge is 2.27. The van der Waals surface area contributed by atoms with E-state index in [-0.39, 0.29) is 0 Å². The Morgan fingerprint density at radius 2 is 2.32 bits per heavy atom. The van der Waals surface area contributed by atoms with Crippen LogP contribution in [0.15, 0.2) is 18.3 Å². The van der Waals surface area contributed by atoms with E-state index in [1.54, 1.807) is 0 Å². The molecule has 1 aromatic rings. The minimum absolute atomic E-state index is 0.564. The van der Waals surface area contributed by atoms with Gasteiger partial charge in [0.05, 0.1) is 5.69 Å². The van der Waals surface area contributed by atoms with Crippen LogP contribution in [0.1, 0.15) is 44.4 Å². The number of piperidine rings is 1. The molecule has 1 fully saturated rings. The highest BCUT2D eigenvalue weighted by Crippen LogP contribution is 2.22. The molecule has 0 spiro atoms. The third kappa shape index (κ3) is 3.77. The van der Waals surface area contributed by atoms with Crippen LogP contribution in [0.3, 0.4) is 0 Å². The van der Waals surface area contributed by atoms with E-state index in [0.717, 1.165) is 13.1 Å². The number of aryl methyl sites for hydroxylation is 1. The van der Waals surface area contributed by atoms with Crippen LogP contribution < -0.4 is 5.32 Å². The molecular formula is C16H27N3. The molecule has 0 radical (unpaired) electrons. The standard InChI is InChI=1S/C16H27N3/c1-4-17-14(3)16-9-5-6-11-19(16)12-15-13(2)8-7-10-18-15/h7-8,10,14,16-17H,4-6,9,11-12H2,1-3H3. The van der Waals surface area contributed by atoms with Crippen molar-refractivity contribution in [1.29, 1.82) is 0 Å². The van der Waals surface area contributed by atoms with Crippen molar-refractivity contribution < 1.29 is 0 Å². The molecule has 2 rings (SSSR count). The first-order chi connectivity index (χ1) is 9.22. The fourth-order valence-electron chi connectivity index (χ4n) is 3.11. The molecule has 2 unspecified atom stereocenters. The molecule has 3 heteroatoms. The molecule has 19 heavy (non-hydrogen) atoms. The summed E-state index contributed by atoms with van der Waals surface area (Å²) >= 11 is 0. The van der Waals surface area contributed by atoms with Gasteiger partial charge >= 0.3 is 0 Å². The minimum atomic E-state index is 0.564. The molecule has 1 aliphatic heterocycles. The highest BCUT2D eigenvalue weighted by atomic mass is 15.2. The molecule has 106 valence electrons. The number of hydrogen-bond acceptors (Lipinski definition) is 3. The SMILES string of the molecule is CCNC(C)C1CCCCN1Cc1ncccc1C. The molecule has 0 bridgehead atoms. The van der Waals surface area contributed by atoms with Gasteiger partial charge in [-0.3, -0.25) is 9.88 Å². The number of aromatic nitrogens is 1. The monoisotopic (exact) mass is 261 g/mol. The maximum atomic E-state index is 4.55. The topological polar surface area (TPSA) is 28.2 Å². The second kappa shape index (κ2) is 7.01. The summed E-state index contributed by atoms with van der Waals surface area (Å²) in [7, 11) is 0. The van der Waals surface area contributed by atoms with Crippen LogP contribution >= 0.6 is 0 Å². The zero-order valence-corrected chi connectivity index (χ0v) is 12.5. The Balaban J connectivity index is 2.05. The van der Waals surface area contributed by atoms with E-state index in [1.165, 1.54) is 37.1 Å². The number of likely N-dealkylation sites (N-methyl/N-ethyl adjacent to an activating group) is 1. The largest absolute Gasteiger partial charge is 0.313 e. The number of nitrogens with zero attached hydrogens (tertiary/aromatic N) is 2. The van der Waals surface area contributed by atoms with Gasteiger partial charge in [0, 0.05) is 24.8 Å². The minimum Gasteiger partial charge on any atom is -0.313 e. The van der Waals surface area contributed by atoms with Crippen molar-refractivity contribution in [3.05, 3.63) is 29.6 Å². The van der Waals surface area contributed by atoms with Crippen LogP contribution in [0.25, 0.3) is 0 Å². The Kier molecular flexibility index (Phi) is 5.34. The van der Waals surface area contributed by atoms with E-state index in [2.05, 4.69) is 42.0 Å². The van der Waals surface area contributed by atoms with E-state index in [1.807, 2.05) is 12.3 Å². The maximum absolute atomic E-state index is 4.55. The number of pyridine rings is 1. The first-order valence-electron chi connectivity index (χ1n) is 7.60. The summed E-state index contributed by atoms with van der Waals surface area (Å²) < 4.78 is 0. The second-order valence-corrected chi connectivity index (χ2v) is 5.65. The Morgan fingerprint density at radius 3 is 3.05 bits per heavy atom. The van der Waals surface area contributed by atoms with Crippen molar-refractivity contribution in [3.63, 3.8) is 0 Å². The van der Waals surface area contributed by atoms with E-state index >= 15 is 0 Å². The lowest BCUT2D eigenvalue weighted by Gasteiger charge is -2.39. The third-order valence-corrected chi connectivity index (χ3v) is 4.24. The highest BCUT2D eigenvalue weighted by molar-refractivity contribution is 5.17. The summed E-state index contributed by atoms with van der Waals surface area (Å²) in [6.07, 6.45) is 5.90. The van der Waals surface area contributed by atoms with E-state index < -0.39 is 0 Å². The van der Waals surface area contributed by atoms with E-state index in [9.17, 15) is 0 Å². The van der Waals surface area contributed by atoms with E-state index in [4.69, 9.17) is 0 Å². The van der Waals surface area contributed by atoms with Gasteiger partial charge in [-0.25, -0.2) is 0 Å². The molecule has 0 amide bonds. The van der Waals surface area contributed by atoms with Crippen LogP contribution in [0, 0.1) is 6.92 Å². The van der Waals surface area contributed by atoms with Crippen molar-refractivity contribution in [2.24, 2.45) is 0 Å². The Labute approximate surface area is 117 Å². The van der Waals surface area contributed by atoms with Gasteiger partial charge < -0.3 is 5.32 Å². The molecule has 3 nitrogen and oxygen atoms in total. The summed E-state index contributed by atoms with van der Waals surface area (Å²) in [5, 5.41) is 3.58. The average Bonchev–Trinajstić information content (AvgIpc) is 2.42. The summed E-state index contributed by atoms with van der Waals surface area (Å²) in [6, 6.07) is 5.40. The quantitative estimate of drug-likeness (QED) is 0.883. The van der Waals surface area contributed by atoms with Gasteiger partial charge in [0.1, 0.15) is 0 Å². The van der Waals surface area contributed by atoms with Crippen LogP contribution in [0.2, 0.25) is 0 Å². The number of nitrogens with one attached hydrogen (secondary N) is 1. The Hall–Kier alpha value is -0.930.